The average Bonchev–Trinajstić information content (AvgIpc) is 2.66. The molecule has 170 valence electrons. The Labute approximate surface area is 181 Å². The molecule has 1 unspecified atom stereocenters. The molecule has 0 heterocycles. The Morgan fingerprint density at radius 3 is 2.32 bits per heavy atom. The highest BCUT2D eigenvalue weighted by Crippen LogP contribution is 2.37. The smallest absolute Gasteiger partial charge is 0.419 e. The second kappa shape index (κ2) is 9.88. The highest BCUT2D eigenvalue weighted by molar-refractivity contribution is 7.90. The summed E-state index contributed by atoms with van der Waals surface area (Å²) in [5.74, 6) is -2.00. The van der Waals surface area contributed by atoms with Crippen molar-refractivity contribution < 1.29 is 31.6 Å². The first kappa shape index (κ1) is 25.0. The van der Waals surface area contributed by atoms with Crippen LogP contribution in [0.15, 0.2) is 42.5 Å². The minimum atomic E-state index is -5.01. The summed E-state index contributed by atoms with van der Waals surface area (Å²) in [5, 5.41) is 2.42. The molecule has 10 heteroatoms. The van der Waals surface area contributed by atoms with Crippen molar-refractivity contribution in [2.45, 2.75) is 51.2 Å². The molecule has 0 aliphatic carbocycles. The van der Waals surface area contributed by atoms with E-state index >= 15 is 0 Å². The van der Waals surface area contributed by atoms with Gasteiger partial charge in [0.05, 0.1) is 11.6 Å². The molecule has 5 nitrogen and oxygen atoms in total. The minimum Gasteiger partial charge on any atom is -0.598 e. The van der Waals surface area contributed by atoms with E-state index < -0.39 is 57.1 Å². The predicted molar refractivity (Wildman–Crippen MR) is 110 cm³/mol. The maximum Gasteiger partial charge on any atom is 0.419 e. The summed E-state index contributed by atoms with van der Waals surface area (Å²) in [7, 11) is 0. The van der Waals surface area contributed by atoms with Crippen LogP contribution in [-0.2, 0) is 24.1 Å². The van der Waals surface area contributed by atoms with E-state index in [1.54, 1.807) is 51.1 Å². The van der Waals surface area contributed by atoms with Crippen molar-refractivity contribution in [3.63, 3.8) is 0 Å². The third-order valence-corrected chi connectivity index (χ3v) is 5.86. The van der Waals surface area contributed by atoms with Crippen molar-refractivity contribution in [2.75, 3.05) is 0 Å². The number of ether oxygens (including phenoxy) is 1. The van der Waals surface area contributed by atoms with Gasteiger partial charge in [0, 0.05) is 23.5 Å². The summed E-state index contributed by atoms with van der Waals surface area (Å²) < 4.78 is 73.8. The Hall–Kier alpha value is -2.30. The Morgan fingerprint density at radius 2 is 1.77 bits per heavy atom. The number of amides is 1. The third kappa shape index (κ3) is 7.12. The molecule has 2 aromatic carbocycles. The van der Waals surface area contributed by atoms with Gasteiger partial charge in [-0.15, -0.1) is 4.72 Å². The minimum absolute atomic E-state index is 0.0996. The van der Waals surface area contributed by atoms with Gasteiger partial charge in [0.15, 0.2) is 0 Å². The summed E-state index contributed by atoms with van der Waals surface area (Å²) in [6.45, 7) is 6.47. The Morgan fingerprint density at radius 1 is 1.16 bits per heavy atom. The van der Waals surface area contributed by atoms with E-state index in [-0.39, 0.29) is 6.54 Å². The molecule has 0 bridgehead atoms. The molecule has 0 aromatic heterocycles. The van der Waals surface area contributed by atoms with Crippen LogP contribution in [-0.4, -0.2) is 15.4 Å². The Balaban J connectivity index is 2.26. The van der Waals surface area contributed by atoms with Gasteiger partial charge in [0.25, 0.3) is 0 Å². The molecule has 2 atom stereocenters. The molecule has 2 aromatic rings. The van der Waals surface area contributed by atoms with Gasteiger partial charge in [-0.3, -0.25) is 0 Å². The van der Waals surface area contributed by atoms with Crippen LogP contribution in [0.3, 0.4) is 0 Å². The molecule has 2 N–H and O–H groups in total. The highest BCUT2D eigenvalue weighted by atomic mass is 32.2. The molecular formula is C21H24F4N2O3S. The van der Waals surface area contributed by atoms with Crippen LogP contribution < -0.4 is 14.8 Å². The SMILES string of the molecule is C[C@@H](N[S+]([O-])C(C)(C)C)c1cc(OC(=O)NCc2ccccc2)cc(C(F)(F)F)c1F. The van der Waals surface area contributed by atoms with Crippen molar-refractivity contribution in [1.82, 2.24) is 10.0 Å². The maximum absolute atomic E-state index is 14.6. The zero-order valence-corrected chi connectivity index (χ0v) is 18.3. The molecule has 0 fully saturated rings. The number of nitrogens with one attached hydrogen (secondary N) is 2. The number of carbonyl (C=O) groups excluding carboxylic acids is 1. The van der Waals surface area contributed by atoms with Crippen LogP contribution in [0.1, 0.15) is 50.4 Å². The molecular weight excluding hydrogens is 436 g/mol. The fourth-order valence-electron chi connectivity index (χ4n) is 2.51. The number of rotatable bonds is 6. The zero-order chi connectivity index (χ0) is 23.4. The molecule has 0 spiro atoms. The monoisotopic (exact) mass is 460 g/mol. The van der Waals surface area contributed by atoms with E-state index in [9.17, 15) is 26.9 Å². The normalized spacial score (nSPS) is 14.1. The van der Waals surface area contributed by atoms with Crippen molar-refractivity contribution in [3.8, 4) is 5.75 Å². The van der Waals surface area contributed by atoms with Gasteiger partial charge >= 0.3 is 12.3 Å². The van der Waals surface area contributed by atoms with Crippen molar-refractivity contribution in [1.29, 1.82) is 0 Å². The van der Waals surface area contributed by atoms with Gasteiger partial charge in [-0.1, -0.05) is 30.3 Å². The second-order valence-electron chi connectivity index (χ2n) is 7.82. The Kier molecular flexibility index (Phi) is 7.96. The van der Waals surface area contributed by atoms with Gasteiger partial charge in [0.1, 0.15) is 16.3 Å². The lowest BCUT2D eigenvalue weighted by molar-refractivity contribution is -0.140. The highest BCUT2D eigenvalue weighted by Gasteiger charge is 2.38. The first-order chi connectivity index (χ1) is 14.3. The van der Waals surface area contributed by atoms with E-state index in [0.29, 0.717) is 6.07 Å². The van der Waals surface area contributed by atoms with Gasteiger partial charge in [-0.05, 0) is 45.4 Å². The summed E-state index contributed by atoms with van der Waals surface area (Å²) in [5.41, 5.74) is -1.23. The standard InChI is InChI=1S/C21H24F4N2O3S/c1-13(27-31(29)20(2,3)4)16-10-15(11-17(18(16)22)21(23,24)25)30-19(28)26-12-14-8-6-5-7-9-14/h5-11,13,27H,12H2,1-4H3,(H,26,28)/t13-,31?/m1/s1. The fourth-order valence-corrected chi connectivity index (χ4v) is 3.32. The molecule has 1 amide bonds. The first-order valence-corrected chi connectivity index (χ1v) is 10.5. The number of carbonyl (C=O) groups is 1. The van der Waals surface area contributed by atoms with E-state index in [1.165, 1.54) is 6.92 Å². The summed E-state index contributed by atoms with van der Waals surface area (Å²) in [4.78, 5) is 12.0. The summed E-state index contributed by atoms with van der Waals surface area (Å²) >= 11 is -1.66. The second-order valence-corrected chi connectivity index (χ2v) is 9.82. The van der Waals surface area contributed by atoms with Gasteiger partial charge in [-0.25, -0.2) is 9.18 Å². The largest absolute Gasteiger partial charge is 0.598 e. The molecule has 0 radical (unpaired) electrons. The maximum atomic E-state index is 14.6. The topological polar surface area (TPSA) is 73.4 Å². The van der Waals surface area contributed by atoms with Crippen LogP contribution >= 0.6 is 0 Å². The molecule has 0 aliphatic rings. The molecule has 0 saturated carbocycles. The van der Waals surface area contributed by atoms with E-state index in [4.69, 9.17) is 4.74 Å². The lowest BCUT2D eigenvalue weighted by Crippen LogP contribution is -2.40. The zero-order valence-electron chi connectivity index (χ0n) is 17.5. The van der Waals surface area contributed by atoms with E-state index in [0.717, 1.165) is 11.6 Å². The predicted octanol–water partition coefficient (Wildman–Crippen LogP) is 5.25. The number of hydrogen-bond acceptors (Lipinski definition) is 4. The third-order valence-electron chi connectivity index (χ3n) is 4.18. The molecule has 0 saturated heterocycles. The number of halogens is 4. The lowest BCUT2D eigenvalue weighted by Gasteiger charge is -2.27. The first-order valence-electron chi connectivity index (χ1n) is 9.37. The van der Waals surface area contributed by atoms with Crippen LogP contribution in [0.2, 0.25) is 0 Å². The number of alkyl halides is 3. The van der Waals surface area contributed by atoms with E-state index in [1.807, 2.05) is 0 Å². The van der Waals surface area contributed by atoms with Crippen LogP contribution in [0.4, 0.5) is 22.4 Å². The van der Waals surface area contributed by atoms with E-state index in [2.05, 4.69) is 10.0 Å². The fraction of sp³-hybridized carbons (Fsp3) is 0.381. The molecule has 31 heavy (non-hydrogen) atoms. The van der Waals surface area contributed by atoms with Crippen LogP contribution in [0.25, 0.3) is 0 Å². The average molecular weight is 460 g/mol. The van der Waals surface area contributed by atoms with Crippen LogP contribution in [0.5, 0.6) is 5.75 Å². The van der Waals surface area contributed by atoms with Gasteiger partial charge in [0.2, 0.25) is 0 Å². The van der Waals surface area contributed by atoms with Gasteiger partial charge in [-0.2, -0.15) is 13.2 Å². The summed E-state index contributed by atoms with van der Waals surface area (Å²) in [6.07, 6.45) is -6.00. The number of hydrogen-bond donors (Lipinski definition) is 2. The molecule has 0 aliphatic heterocycles. The quantitative estimate of drug-likeness (QED) is 0.456. The van der Waals surface area contributed by atoms with Crippen molar-refractivity contribution >= 4 is 17.5 Å². The van der Waals surface area contributed by atoms with Crippen molar-refractivity contribution in [3.05, 3.63) is 65.0 Å². The van der Waals surface area contributed by atoms with Gasteiger partial charge < -0.3 is 14.6 Å². The van der Waals surface area contributed by atoms with Crippen molar-refractivity contribution in [2.24, 2.45) is 0 Å². The summed E-state index contributed by atoms with van der Waals surface area (Å²) in [6, 6.07) is 9.19. The van der Waals surface area contributed by atoms with Crippen LogP contribution in [0, 0.1) is 5.82 Å². The lowest BCUT2D eigenvalue weighted by atomic mass is 10.0. The molecule has 2 rings (SSSR count). The Bertz CT molecular complexity index is 902. The number of benzene rings is 2.